The highest BCUT2D eigenvalue weighted by atomic mass is 19.4. The Kier molecular flexibility index (Phi) is 8.53. The van der Waals surface area contributed by atoms with Gasteiger partial charge in [0, 0.05) is 44.3 Å². The number of halogens is 6. The second-order valence-corrected chi connectivity index (χ2v) is 9.07. The largest absolute Gasteiger partial charge is 0.416 e. The number of carbonyl (C=O) groups excluding carboxylic acids is 1. The van der Waals surface area contributed by atoms with E-state index in [4.69, 9.17) is 0 Å². The van der Waals surface area contributed by atoms with Crippen LogP contribution in [0.1, 0.15) is 50.5 Å². The molecule has 4 nitrogen and oxygen atoms in total. The summed E-state index contributed by atoms with van der Waals surface area (Å²) in [6, 6.07) is 5.40. The van der Waals surface area contributed by atoms with Gasteiger partial charge in [-0.15, -0.1) is 0 Å². The molecule has 33 heavy (non-hydrogen) atoms. The minimum atomic E-state index is -4.34. The van der Waals surface area contributed by atoms with Gasteiger partial charge in [0.15, 0.2) is 0 Å². The van der Waals surface area contributed by atoms with Gasteiger partial charge in [0.2, 0.25) is 5.91 Å². The summed E-state index contributed by atoms with van der Waals surface area (Å²) in [4.78, 5) is 16.0. The highest BCUT2D eigenvalue weighted by molar-refractivity contribution is 5.76. The third-order valence-corrected chi connectivity index (χ3v) is 6.61. The molecule has 1 saturated carbocycles. The molecule has 1 aromatic rings. The second kappa shape index (κ2) is 11.0. The highest BCUT2D eigenvalue weighted by Gasteiger charge is 2.31. The SMILES string of the molecule is O=C(CCC(F)(F)F)N[C@H]1CC[C@H](CCN2CCN(c3cccc(C(F)(F)F)c3)CC2)CC1. The number of amides is 1. The van der Waals surface area contributed by atoms with Crippen LogP contribution < -0.4 is 10.2 Å². The maximum atomic E-state index is 12.9. The first kappa shape index (κ1) is 25.6. The van der Waals surface area contributed by atoms with Gasteiger partial charge < -0.3 is 10.2 Å². The lowest BCUT2D eigenvalue weighted by molar-refractivity contribution is -0.144. The molecule has 0 spiro atoms. The van der Waals surface area contributed by atoms with Crippen LogP contribution in [0.5, 0.6) is 0 Å². The van der Waals surface area contributed by atoms with Crippen molar-refractivity contribution in [2.75, 3.05) is 37.6 Å². The molecule has 0 radical (unpaired) electrons. The van der Waals surface area contributed by atoms with Crippen molar-refractivity contribution < 1.29 is 31.1 Å². The Morgan fingerprint density at radius 3 is 2.24 bits per heavy atom. The number of rotatable bonds is 7. The molecule has 0 unspecified atom stereocenters. The maximum Gasteiger partial charge on any atom is 0.416 e. The quantitative estimate of drug-likeness (QED) is 0.544. The van der Waals surface area contributed by atoms with Gasteiger partial charge in [0.05, 0.1) is 12.0 Å². The van der Waals surface area contributed by atoms with Gasteiger partial charge in [-0.25, -0.2) is 0 Å². The Morgan fingerprint density at radius 1 is 0.970 bits per heavy atom. The van der Waals surface area contributed by atoms with Crippen molar-refractivity contribution >= 4 is 11.6 Å². The van der Waals surface area contributed by atoms with E-state index in [0.29, 0.717) is 24.7 Å². The van der Waals surface area contributed by atoms with Crippen molar-refractivity contribution in [1.82, 2.24) is 10.2 Å². The Morgan fingerprint density at radius 2 is 1.64 bits per heavy atom. The summed E-state index contributed by atoms with van der Waals surface area (Å²) >= 11 is 0. The highest BCUT2D eigenvalue weighted by Crippen LogP contribution is 2.32. The number of benzene rings is 1. The summed E-state index contributed by atoms with van der Waals surface area (Å²) in [5.41, 5.74) is -0.0327. The zero-order valence-electron chi connectivity index (χ0n) is 18.5. The van der Waals surface area contributed by atoms with Crippen LogP contribution in [-0.2, 0) is 11.0 Å². The third-order valence-electron chi connectivity index (χ3n) is 6.61. The molecule has 2 fully saturated rings. The fourth-order valence-electron chi connectivity index (χ4n) is 4.62. The molecule has 1 aromatic carbocycles. The molecule has 1 saturated heterocycles. The first-order valence-electron chi connectivity index (χ1n) is 11.5. The molecule has 0 atom stereocenters. The Bertz CT molecular complexity index is 766. The monoisotopic (exact) mass is 479 g/mol. The molecule has 1 amide bonds. The smallest absolute Gasteiger partial charge is 0.369 e. The van der Waals surface area contributed by atoms with Gasteiger partial charge >= 0.3 is 12.4 Å². The fraction of sp³-hybridized carbons (Fsp3) is 0.696. The van der Waals surface area contributed by atoms with Crippen molar-refractivity contribution in [3.05, 3.63) is 29.8 Å². The van der Waals surface area contributed by atoms with Crippen molar-refractivity contribution in [2.45, 2.75) is 63.3 Å². The number of hydrogen-bond donors (Lipinski definition) is 1. The van der Waals surface area contributed by atoms with Crippen molar-refractivity contribution in [1.29, 1.82) is 0 Å². The molecule has 1 N–H and O–H groups in total. The number of nitrogens with zero attached hydrogens (tertiary/aromatic N) is 2. The summed E-state index contributed by atoms with van der Waals surface area (Å²) in [6.07, 6.45) is -5.81. The molecule has 1 aliphatic carbocycles. The zero-order valence-corrected chi connectivity index (χ0v) is 18.5. The summed E-state index contributed by atoms with van der Waals surface area (Å²) in [5, 5.41) is 2.73. The molecular weight excluding hydrogens is 448 g/mol. The van der Waals surface area contributed by atoms with Crippen LogP contribution in [0.4, 0.5) is 32.0 Å². The standard InChI is InChI=1S/C23H31F6N3O/c24-22(25,26)10-8-21(33)30-19-6-4-17(5-7-19)9-11-31-12-14-32(15-13-31)20-3-1-2-18(16-20)23(27,28)29/h1-3,16-17,19H,4-15H2,(H,30,33)/t17-,19-. The molecule has 1 aliphatic heterocycles. The molecule has 0 aromatic heterocycles. The summed E-state index contributed by atoms with van der Waals surface area (Å²) in [7, 11) is 0. The Balaban J connectivity index is 1.33. The van der Waals surface area contributed by atoms with Crippen LogP contribution >= 0.6 is 0 Å². The van der Waals surface area contributed by atoms with Crippen LogP contribution in [0, 0.1) is 5.92 Å². The molecule has 0 bridgehead atoms. The average Bonchev–Trinajstić information content (AvgIpc) is 2.77. The Hall–Kier alpha value is -1.97. The molecule has 186 valence electrons. The van der Waals surface area contributed by atoms with Crippen LogP contribution in [-0.4, -0.2) is 55.7 Å². The van der Waals surface area contributed by atoms with E-state index in [2.05, 4.69) is 10.2 Å². The van der Waals surface area contributed by atoms with Gasteiger partial charge in [-0.1, -0.05) is 6.07 Å². The predicted octanol–water partition coefficient (Wildman–Crippen LogP) is 5.24. The molecule has 10 heteroatoms. The van der Waals surface area contributed by atoms with E-state index >= 15 is 0 Å². The number of piperazine rings is 1. The van der Waals surface area contributed by atoms with Gasteiger partial charge in [-0.3, -0.25) is 9.69 Å². The van der Waals surface area contributed by atoms with E-state index < -0.39 is 36.7 Å². The van der Waals surface area contributed by atoms with E-state index in [1.54, 1.807) is 6.07 Å². The van der Waals surface area contributed by atoms with Crippen LogP contribution in [0.25, 0.3) is 0 Å². The number of carbonyl (C=O) groups is 1. The van der Waals surface area contributed by atoms with Crippen molar-refractivity contribution in [3.8, 4) is 0 Å². The topological polar surface area (TPSA) is 35.6 Å². The normalized spacial score (nSPS) is 22.9. The zero-order chi connectivity index (χ0) is 24.1. The van der Waals surface area contributed by atoms with Gasteiger partial charge in [-0.05, 0) is 62.8 Å². The summed E-state index contributed by atoms with van der Waals surface area (Å²) < 4.78 is 75.5. The molecule has 2 aliphatic rings. The maximum absolute atomic E-state index is 12.9. The summed E-state index contributed by atoms with van der Waals surface area (Å²) in [5.74, 6) is -0.00996. The molecule has 3 rings (SSSR count). The van der Waals surface area contributed by atoms with E-state index in [0.717, 1.165) is 57.8 Å². The van der Waals surface area contributed by atoms with Gasteiger partial charge in [0.1, 0.15) is 0 Å². The van der Waals surface area contributed by atoms with Gasteiger partial charge in [-0.2, -0.15) is 26.3 Å². The number of hydrogen-bond acceptors (Lipinski definition) is 3. The lowest BCUT2D eigenvalue weighted by atomic mass is 9.84. The fourth-order valence-corrected chi connectivity index (χ4v) is 4.62. The summed E-state index contributed by atoms with van der Waals surface area (Å²) in [6.45, 7) is 3.86. The minimum absolute atomic E-state index is 0.0435. The third kappa shape index (κ3) is 8.39. The van der Waals surface area contributed by atoms with Crippen LogP contribution in [0.15, 0.2) is 24.3 Å². The Labute approximate surface area is 190 Å². The lowest BCUT2D eigenvalue weighted by Gasteiger charge is -2.37. The van der Waals surface area contributed by atoms with Crippen LogP contribution in [0.2, 0.25) is 0 Å². The number of nitrogens with one attached hydrogen (secondary N) is 1. The van der Waals surface area contributed by atoms with Crippen LogP contribution in [0.3, 0.4) is 0 Å². The van der Waals surface area contributed by atoms with Gasteiger partial charge in [0.25, 0.3) is 0 Å². The first-order valence-corrected chi connectivity index (χ1v) is 11.5. The minimum Gasteiger partial charge on any atom is -0.369 e. The van der Waals surface area contributed by atoms with E-state index in [9.17, 15) is 31.1 Å². The lowest BCUT2D eigenvalue weighted by Crippen LogP contribution is -2.47. The van der Waals surface area contributed by atoms with Crippen molar-refractivity contribution in [2.24, 2.45) is 5.92 Å². The second-order valence-electron chi connectivity index (χ2n) is 9.07. The van der Waals surface area contributed by atoms with Crippen molar-refractivity contribution in [3.63, 3.8) is 0 Å². The number of alkyl halides is 6. The van der Waals surface area contributed by atoms with E-state index in [1.165, 1.54) is 12.1 Å². The molecule has 1 heterocycles. The van der Waals surface area contributed by atoms with E-state index in [1.807, 2.05) is 4.90 Å². The number of anilines is 1. The average molecular weight is 480 g/mol. The van der Waals surface area contributed by atoms with E-state index in [-0.39, 0.29) is 6.04 Å². The first-order chi connectivity index (χ1) is 15.5. The predicted molar refractivity (Wildman–Crippen MR) is 114 cm³/mol. The molecular formula is C23H31F6N3O.